The normalized spacial score (nSPS) is 15.3. The molecule has 2 rings (SSSR count). The zero-order chi connectivity index (χ0) is 14.0. The molecule has 0 unspecified atom stereocenters. The van der Waals surface area contributed by atoms with Crippen LogP contribution in [0.4, 0.5) is 0 Å². The monoisotopic (exact) mass is 263 g/mol. The van der Waals surface area contributed by atoms with E-state index in [1.165, 1.54) is 32.4 Å². The number of aliphatic imine (C=N–C) groups is 1. The number of carbonyl (C=O) groups excluding carboxylic acids is 1. The number of isocyanates is 1. The molecule has 0 heterocycles. The van der Waals surface area contributed by atoms with Crippen LogP contribution in [0.5, 0.6) is 11.5 Å². The van der Waals surface area contributed by atoms with Crippen LogP contribution < -0.4 is 9.47 Å². The Labute approximate surface area is 109 Å². The molecular formula is C13H13NO5. The minimum Gasteiger partial charge on any atom is -0.496 e. The third-order valence-electron chi connectivity index (χ3n) is 3.24. The molecule has 1 saturated carbocycles. The second kappa shape index (κ2) is 4.74. The van der Waals surface area contributed by atoms with Gasteiger partial charge in [0, 0.05) is 11.6 Å². The van der Waals surface area contributed by atoms with E-state index in [-0.39, 0.29) is 11.3 Å². The van der Waals surface area contributed by atoms with Gasteiger partial charge in [-0.15, -0.1) is 0 Å². The van der Waals surface area contributed by atoms with Crippen molar-refractivity contribution in [2.24, 2.45) is 4.99 Å². The molecule has 0 bridgehead atoms. The molecule has 0 aliphatic heterocycles. The zero-order valence-electron chi connectivity index (χ0n) is 10.6. The average Bonchev–Trinajstić information content (AvgIpc) is 3.18. The summed E-state index contributed by atoms with van der Waals surface area (Å²) >= 11 is 0. The van der Waals surface area contributed by atoms with Gasteiger partial charge in [-0.1, -0.05) is 0 Å². The quantitative estimate of drug-likeness (QED) is 0.645. The third kappa shape index (κ3) is 2.18. The molecule has 0 atom stereocenters. The van der Waals surface area contributed by atoms with Crippen LogP contribution in [0.15, 0.2) is 17.1 Å². The number of rotatable bonds is 5. The topological polar surface area (TPSA) is 85.2 Å². The van der Waals surface area contributed by atoms with Gasteiger partial charge in [-0.05, 0) is 18.9 Å². The van der Waals surface area contributed by atoms with Gasteiger partial charge in [0.2, 0.25) is 6.08 Å². The van der Waals surface area contributed by atoms with Crippen LogP contribution in [0.2, 0.25) is 0 Å². The van der Waals surface area contributed by atoms with Crippen LogP contribution in [-0.4, -0.2) is 31.4 Å². The van der Waals surface area contributed by atoms with Crippen molar-refractivity contribution in [3.8, 4) is 11.5 Å². The lowest BCUT2D eigenvalue weighted by atomic mass is 10.00. The summed E-state index contributed by atoms with van der Waals surface area (Å²) in [4.78, 5) is 25.5. The van der Waals surface area contributed by atoms with Gasteiger partial charge in [0.15, 0.2) is 0 Å². The fraction of sp³-hybridized carbons (Fsp3) is 0.385. The number of hydrogen-bond acceptors (Lipinski definition) is 5. The highest BCUT2D eigenvalue weighted by Gasteiger charge is 2.47. The molecule has 1 N–H and O–H groups in total. The summed E-state index contributed by atoms with van der Waals surface area (Å²) in [6, 6.07) is 2.95. The average molecular weight is 263 g/mol. The Morgan fingerprint density at radius 3 is 2.37 bits per heavy atom. The maximum Gasteiger partial charge on any atom is 0.339 e. The summed E-state index contributed by atoms with van der Waals surface area (Å²) in [6.45, 7) is 0. The predicted molar refractivity (Wildman–Crippen MR) is 65.5 cm³/mol. The van der Waals surface area contributed by atoms with E-state index in [1.807, 2.05) is 0 Å². The molecule has 0 amide bonds. The van der Waals surface area contributed by atoms with E-state index >= 15 is 0 Å². The number of carbonyl (C=O) groups is 1. The lowest BCUT2D eigenvalue weighted by Crippen LogP contribution is -2.09. The molecular weight excluding hydrogens is 250 g/mol. The van der Waals surface area contributed by atoms with Crippen molar-refractivity contribution in [3.05, 3.63) is 23.3 Å². The first-order chi connectivity index (χ1) is 9.07. The van der Waals surface area contributed by atoms with Gasteiger partial charge >= 0.3 is 5.97 Å². The Hall–Kier alpha value is -2.33. The van der Waals surface area contributed by atoms with Crippen LogP contribution in [0.25, 0.3) is 0 Å². The fourth-order valence-corrected chi connectivity index (χ4v) is 2.08. The molecule has 6 nitrogen and oxygen atoms in total. The summed E-state index contributed by atoms with van der Waals surface area (Å²) in [7, 11) is 2.86. The van der Waals surface area contributed by atoms with E-state index in [0.717, 1.165) is 0 Å². The molecule has 0 saturated heterocycles. The van der Waals surface area contributed by atoms with Crippen LogP contribution in [-0.2, 0) is 10.3 Å². The van der Waals surface area contributed by atoms with Gasteiger partial charge < -0.3 is 14.6 Å². The number of benzene rings is 1. The molecule has 1 aliphatic carbocycles. The summed E-state index contributed by atoms with van der Waals surface area (Å²) in [6.07, 6.45) is 2.88. The molecule has 1 aliphatic rings. The molecule has 19 heavy (non-hydrogen) atoms. The summed E-state index contributed by atoms with van der Waals surface area (Å²) in [5.74, 6) is -0.441. The van der Waals surface area contributed by atoms with E-state index in [9.17, 15) is 14.7 Å². The lowest BCUT2D eigenvalue weighted by Gasteiger charge is -2.16. The smallest absolute Gasteiger partial charge is 0.339 e. The maximum absolute atomic E-state index is 11.2. The van der Waals surface area contributed by atoms with Gasteiger partial charge in [0.25, 0.3) is 0 Å². The van der Waals surface area contributed by atoms with Gasteiger partial charge in [-0.2, -0.15) is 4.99 Å². The number of carboxylic acids is 1. The number of methoxy groups -OCH3 is 2. The van der Waals surface area contributed by atoms with Crippen LogP contribution in [0.1, 0.15) is 28.8 Å². The van der Waals surface area contributed by atoms with Crippen molar-refractivity contribution in [2.75, 3.05) is 14.2 Å². The van der Waals surface area contributed by atoms with Crippen molar-refractivity contribution < 1.29 is 24.2 Å². The Morgan fingerprint density at radius 1 is 1.32 bits per heavy atom. The van der Waals surface area contributed by atoms with Crippen LogP contribution in [0, 0.1) is 0 Å². The van der Waals surface area contributed by atoms with E-state index in [1.54, 1.807) is 0 Å². The summed E-state index contributed by atoms with van der Waals surface area (Å²) < 4.78 is 10.3. The minimum atomic E-state index is -1.10. The largest absolute Gasteiger partial charge is 0.496 e. The van der Waals surface area contributed by atoms with E-state index in [4.69, 9.17) is 9.47 Å². The van der Waals surface area contributed by atoms with E-state index < -0.39 is 11.5 Å². The van der Waals surface area contributed by atoms with Gasteiger partial charge in [0.1, 0.15) is 22.6 Å². The number of hydrogen-bond donors (Lipinski definition) is 1. The summed E-state index contributed by atoms with van der Waals surface area (Å²) in [5.41, 5.74) is -0.0916. The molecule has 0 aromatic heterocycles. The number of aromatic carboxylic acids is 1. The second-order valence-electron chi connectivity index (χ2n) is 4.29. The maximum atomic E-state index is 11.2. The molecule has 1 aromatic carbocycles. The molecule has 0 spiro atoms. The number of ether oxygens (including phenoxy) is 2. The molecule has 1 fully saturated rings. The van der Waals surface area contributed by atoms with E-state index in [0.29, 0.717) is 24.2 Å². The van der Waals surface area contributed by atoms with Crippen molar-refractivity contribution in [1.82, 2.24) is 0 Å². The van der Waals surface area contributed by atoms with Crippen molar-refractivity contribution in [2.45, 2.75) is 18.4 Å². The first kappa shape index (κ1) is 13.1. The zero-order valence-corrected chi connectivity index (χ0v) is 10.6. The standard InChI is InChI=1S/C13H13NO5/c1-18-10-6-11(19-2)9(5-8(10)12(16)17)13(3-4-13)14-7-15/h5-6H,3-4H2,1-2H3,(H,16,17). The second-order valence-corrected chi connectivity index (χ2v) is 4.29. The molecule has 1 aromatic rings. The lowest BCUT2D eigenvalue weighted by molar-refractivity contribution is 0.0693. The Balaban J connectivity index is 2.63. The Bertz CT molecular complexity index is 571. The predicted octanol–water partition coefficient (Wildman–Crippen LogP) is 1.73. The highest BCUT2D eigenvalue weighted by atomic mass is 16.5. The first-order valence-corrected chi connectivity index (χ1v) is 5.67. The van der Waals surface area contributed by atoms with Crippen molar-refractivity contribution in [3.63, 3.8) is 0 Å². The van der Waals surface area contributed by atoms with Crippen LogP contribution >= 0.6 is 0 Å². The Kier molecular flexibility index (Phi) is 3.27. The SMILES string of the molecule is COc1cc(OC)c(C2(N=C=O)CC2)cc1C(=O)O. The van der Waals surface area contributed by atoms with Crippen molar-refractivity contribution >= 4 is 12.0 Å². The minimum absolute atomic E-state index is 0.0191. The highest BCUT2D eigenvalue weighted by molar-refractivity contribution is 5.91. The molecule has 0 radical (unpaired) electrons. The fourth-order valence-electron chi connectivity index (χ4n) is 2.08. The van der Waals surface area contributed by atoms with Crippen LogP contribution in [0.3, 0.4) is 0 Å². The highest BCUT2D eigenvalue weighted by Crippen LogP contribution is 2.53. The molecule has 6 heteroatoms. The van der Waals surface area contributed by atoms with Crippen molar-refractivity contribution in [1.29, 1.82) is 0 Å². The number of carboxylic acid groups (broad SMARTS) is 1. The molecule has 100 valence electrons. The first-order valence-electron chi connectivity index (χ1n) is 5.67. The van der Waals surface area contributed by atoms with Gasteiger partial charge in [-0.3, -0.25) is 0 Å². The van der Waals surface area contributed by atoms with E-state index in [2.05, 4.69) is 4.99 Å². The van der Waals surface area contributed by atoms with Gasteiger partial charge in [0.05, 0.1) is 14.2 Å². The summed E-state index contributed by atoms with van der Waals surface area (Å²) in [5, 5.41) is 9.17. The Morgan fingerprint density at radius 2 is 1.95 bits per heavy atom. The number of nitrogens with zero attached hydrogens (tertiary/aromatic N) is 1. The van der Waals surface area contributed by atoms with Gasteiger partial charge in [-0.25, -0.2) is 9.59 Å². The third-order valence-corrected chi connectivity index (χ3v) is 3.24.